The molecule has 0 saturated carbocycles. The summed E-state index contributed by atoms with van der Waals surface area (Å²) in [5, 5.41) is 0.623. The molecular weight excluding hydrogens is 299 g/mol. The second-order valence-corrected chi connectivity index (χ2v) is 5.03. The number of hydrogen-bond acceptors (Lipinski definition) is 4. The van der Waals surface area contributed by atoms with Gasteiger partial charge in [-0.15, -0.1) is 0 Å². The van der Waals surface area contributed by atoms with Crippen LogP contribution >= 0.6 is 0 Å². The Morgan fingerprint density at radius 1 is 1.35 bits per heavy atom. The first-order valence-corrected chi connectivity index (χ1v) is 6.89. The van der Waals surface area contributed by atoms with E-state index in [9.17, 15) is 14.0 Å². The third kappa shape index (κ3) is 2.83. The Bertz CT molecular complexity index is 885. The minimum absolute atomic E-state index is 0.141. The standard InChI is InChI=1S/C17H13FN2O3/c1-23-17(22)15-6-14-12(10-21)9-20(16(14)7-19-15)8-11-2-4-13(18)5-3-11/h2-7,9-10H,8H2,1H3. The number of fused-ring (bicyclic) bond motifs is 1. The molecule has 116 valence electrons. The number of benzene rings is 1. The lowest BCUT2D eigenvalue weighted by Gasteiger charge is -2.06. The molecule has 5 nitrogen and oxygen atoms in total. The van der Waals surface area contributed by atoms with Gasteiger partial charge < -0.3 is 9.30 Å². The van der Waals surface area contributed by atoms with Crippen molar-refractivity contribution in [2.75, 3.05) is 7.11 Å². The number of halogens is 1. The van der Waals surface area contributed by atoms with E-state index in [2.05, 4.69) is 9.72 Å². The average molecular weight is 312 g/mol. The summed E-state index contributed by atoms with van der Waals surface area (Å²) in [4.78, 5) is 26.9. The molecule has 0 fully saturated rings. The normalized spacial score (nSPS) is 10.7. The molecule has 0 aliphatic carbocycles. The molecule has 3 aromatic rings. The number of carbonyl (C=O) groups is 2. The lowest BCUT2D eigenvalue weighted by molar-refractivity contribution is 0.0594. The van der Waals surface area contributed by atoms with Crippen molar-refractivity contribution in [2.24, 2.45) is 0 Å². The summed E-state index contributed by atoms with van der Waals surface area (Å²) in [6.07, 6.45) is 3.94. The predicted octanol–water partition coefficient (Wildman–Crippen LogP) is 2.82. The summed E-state index contributed by atoms with van der Waals surface area (Å²) in [7, 11) is 1.27. The first kappa shape index (κ1) is 14.9. The highest BCUT2D eigenvalue weighted by Crippen LogP contribution is 2.22. The third-order valence-electron chi connectivity index (χ3n) is 3.59. The van der Waals surface area contributed by atoms with Gasteiger partial charge in [-0.1, -0.05) is 12.1 Å². The third-order valence-corrected chi connectivity index (χ3v) is 3.59. The molecule has 23 heavy (non-hydrogen) atoms. The largest absolute Gasteiger partial charge is 0.464 e. The van der Waals surface area contributed by atoms with Crippen molar-refractivity contribution in [3.05, 3.63) is 65.4 Å². The van der Waals surface area contributed by atoms with Gasteiger partial charge in [0.1, 0.15) is 11.5 Å². The summed E-state index contributed by atoms with van der Waals surface area (Å²) < 4.78 is 19.5. The van der Waals surface area contributed by atoms with Gasteiger partial charge in [0, 0.05) is 23.7 Å². The van der Waals surface area contributed by atoms with Crippen LogP contribution in [0.5, 0.6) is 0 Å². The zero-order valence-corrected chi connectivity index (χ0v) is 12.3. The Morgan fingerprint density at radius 2 is 2.09 bits per heavy atom. The number of aldehydes is 1. The van der Waals surface area contributed by atoms with Crippen molar-refractivity contribution in [3.63, 3.8) is 0 Å². The quantitative estimate of drug-likeness (QED) is 0.549. The molecule has 0 bridgehead atoms. The van der Waals surface area contributed by atoms with Crippen molar-refractivity contribution in [3.8, 4) is 0 Å². The molecule has 2 aromatic heterocycles. The van der Waals surface area contributed by atoms with E-state index in [0.717, 1.165) is 11.8 Å². The number of nitrogens with zero attached hydrogens (tertiary/aromatic N) is 2. The smallest absolute Gasteiger partial charge is 0.356 e. The van der Waals surface area contributed by atoms with Crippen LogP contribution in [0.3, 0.4) is 0 Å². The molecule has 6 heteroatoms. The summed E-state index contributed by atoms with van der Waals surface area (Å²) in [5.41, 5.74) is 2.19. The van der Waals surface area contributed by atoms with Gasteiger partial charge in [-0.3, -0.25) is 4.79 Å². The molecule has 0 unspecified atom stereocenters. The van der Waals surface area contributed by atoms with E-state index in [0.29, 0.717) is 23.0 Å². The fraction of sp³-hybridized carbons (Fsp3) is 0.118. The molecule has 0 atom stereocenters. The maximum Gasteiger partial charge on any atom is 0.356 e. The topological polar surface area (TPSA) is 61.2 Å². The first-order chi connectivity index (χ1) is 11.1. The maximum atomic E-state index is 13.0. The number of pyridine rings is 1. The number of hydrogen-bond donors (Lipinski definition) is 0. The van der Waals surface area contributed by atoms with Crippen molar-refractivity contribution in [1.29, 1.82) is 0 Å². The van der Waals surface area contributed by atoms with Crippen LogP contribution in [-0.2, 0) is 11.3 Å². The highest BCUT2D eigenvalue weighted by atomic mass is 19.1. The van der Waals surface area contributed by atoms with E-state index < -0.39 is 5.97 Å². The van der Waals surface area contributed by atoms with E-state index in [4.69, 9.17) is 0 Å². The van der Waals surface area contributed by atoms with Gasteiger partial charge >= 0.3 is 5.97 Å². The Kier molecular flexibility index (Phi) is 3.89. The number of ether oxygens (including phenoxy) is 1. The number of rotatable bonds is 4. The van der Waals surface area contributed by atoms with Gasteiger partial charge in [0.15, 0.2) is 6.29 Å². The molecule has 0 spiro atoms. The SMILES string of the molecule is COC(=O)c1cc2c(C=O)cn(Cc3ccc(F)cc3)c2cn1. The van der Waals surface area contributed by atoms with E-state index in [1.54, 1.807) is 18.3 Å². The minimum Gasteiger partial charge on any atom is -0.464 e. The molecule has 0 amide bonds. The number of esters is 1. The van der Waals surface area contributed by atoms with Gasteiger partial charge in [-0.05, 0) is 23.8 Å². The van der Waals surface area contributed by atoms with Gasteiger partial charge in [-0.2, -0.15) is 0 Å². The van der Waals surface area contributed by atoms with Gasteiger partial charge in [0.2, 0.25) is 0 Å². The van der Waals surface area contributed by atoms with Crippen LogP contribution in [-0.4, -0.2) is 28.9 Å². The minimum atomic E-state index is -0.560. The summed E-state index contributed by atoms with van der Waals surface area (Å²) in [6, 6.07) is 7.66. The Hall–Kier alpha value is -3.02. The lowest BCUT2D eigenvalue weighted by atomic mass is 10.2. The van der Waals surface area contributed by atoms with E-state index in [1.807, 2.05) is 4.57 Å². The van der Waals surface area contributed by atoms with E-state index in [1.165, 1.54) is 31.5 Å². The van der Waals surface area contributed by atoms with Crippen molar-refractivity contribution >= 4 is 23.2 Å². The number of methoxy groups -OCH3 is 1. The fourth-order valence-corrected chi connectivity index (χ4v) is 2.44. The maximum absolute atomic E-state index is 13.0. The lowest BCUT2D eigenvalue weighted by Crippen LogP contribution is -2.04. The predicted molar refractivity (Wildman–Crippen MR) is 82.0 cm³/mol. The molecule has 0 radical (unpaired) electrons. The van der Waals surface area contributed by atoms with Crippen LogP contribution in [0.2, 0.25) is 0 Å². The van der Waals surface area contributed by atoms with Gasteiger partial charge in [-0.25, -0.2) is 14.2 Å². The molecule has 0 aliphatic heterocycles. The van der Waals surface area contributed by atoms with E-state index >= 15 is 0 Å². The number of aromatic nitrogens is 2. The highest BCUT2D eigenvalue weighted by Gasteiger charge is 2.14. The van der Waals surface area contributed by atoms with Crippen molar-refractivity contribution < 1.29 is 18.7 Å². The zero-order chi connectivity index (χ0) is 16.4. The number of carbonyl (C=O) groups excluding carboxylic acids is 2. The van der Waals surface area contributed by atoms with Crippen molar-refractivity contribution in [1.82, 2.24) is 9.55 Å². The molecular formula is C17H13FN2O3. The highest BCUT2D eigenvalue weighted by molar-refractivity contribution is 6.00. The molecule has 0 N–H and O–H groups in total. The molecule has 1 aromatic carbocycles. The monoisotopic (exact) mass is 312 g/mol. The summed E-state index contributed by atoms with van der Waals surface area (Å²) in [6.45, 7) is 0.462. The summed E-state index contributed by atoms with van der Waals surface area (Å²) >= 11 is 0. The molecule has 2 heterocycles. The Morgan fingerprint density at radius 3 is 2.74 bits per heavy atom. The van der Waals surface area contributed by atoms with Crippen LogP contribution in [0.15, 0.2) is 42.7 Å². The molecule has 0 aliphatic rings. The van der Waals surface area contributed by atoms with Crippen molar-refractivity contribution in [2.45, 2.75) is 6.54 Å². The summed E-state index contributed by atoms with van der Waals surface area (Å²) in [5.74, 6) is -0.862. The van der Waals surface area contributed by atoms with Crippen LogP contribution in [0.1, 0.15) is 26.4 Å². The van der Waals surface area contributed by atoms with Crippen LogP contribution in [0.4, 0.5) is 4.39 Å². The Labute approximate surface area is 131 Å². The molecule has 0 saturated heterocycles. The van der Waals surface area contributed by atoms with Gasteiger partial charge in [0.05, 0.1) is 18.8 Å². The van der Waals surface area contributed by atoms with Gasteiger partial charge in [0.25, 0.3) is 0 Å². The van der Waals surface area contributed by atoms with Crippen LogP contribution in [0, 0.1) is 5.82 Å². The van der Waals surface area contributed by atoms with Crippen LogP contribution in [0.25, 0.3) is 10.9 Å². The zero-order valence-electron chi connectivity index (χ0n) is 12.3. The first-order valence-electron chi connectivity index (χ1n) is 6.89. The average Bonchev–Trinajstić information content (AvgIpc) is 2.93. The Balaban J connectivity index is 2.05. The van der Waals surface area contributed by atoms with E-state index in [-0.39, 0.29) is 11.5 Å². The second kappa shape index (κ2) is 6.00. The van der Waals surface area contributed by atoms with Crippen LogP contribution < -0.4 is 0 Å². The fourth-order valence-electron chi connectivity index (χ4n) is 2.44. The second-order valence-electron chi connectivity index (χ2n) is 5.03. The molecule has 3 rings (SSSR count).